The molecule has 4 rings (SSSR count). The van der Waals surface area contributed by atoms with Gasteiger partial charge >= 0.3 is 0 Å². The average Bonchev–Trinajstić information content (AvgIpc) is 3.31. The quantitative estimate of drug-likeness (QED) is 0.746. The Kier molecular flexibility index (Phi) is 3.24. The Morgan fingerprint density at radius 2 is 1.64 bits per heavy atom. The molecule has 1 aliphatic rings. The van der Waals surface area contributed by atoms with E-state index in [0.717, 1.165) is 6.54 Å². The van der Waals surface area contributed by atoms with Crippen molar-refractivity contribution in [1.29, 1.82) is 0 Å². The minimum Gasteiger partial charge on any atom is -0.319 e. The molecule has 1 heteroatoms. The molecule has 0 spiro atoms. The van der Waals surface area contributed by atoms with Gasteiger partial charge in [-0.1, -0.05) is 72.8 Å². The van der Waals surface area contributed by atoms with Gasteiger partial charge in [-0.3, -0.25) is 0 Å². The van der Waals surface area contributed by atoms with Crippen molar-refractivity contribution in [3.8, 4) is 0 Å². The Labute approximate surface area is 132 Å². The number of fused-ring (bicyclic) bond motifs is 1. The van der Waals surface area contributed by atoms with Crippen molar-refractivity contribution in [3.05, 3.63) is 83.9 Å². The van der Waals surface area contributed by atoms with Crippen molar-refractivity contribution in [2.45, 2.75) is 17.8 Å². The summed E-state index contributed by atoms with van der Waals surface area (Å²) in [5, 5.41) is 6.08. The highest BCUT2D eigenvalue weighted by atomic mass is 14.9. The van der Waals surface area contributed by atoms with Crippen molar-refractivity contribution < 1.29 is 0 Å². The third-order valence-electron chi connectivity index (χ3n) is 5.09. The lowest BCUT2D eigenvalue weighted by molar-refractivity contribution is 0.605. The smallest absolute Gasteiger partial charge is 0.0153 e. The molecular formula is C21H21N. The topological polar surface area (TPSA) is 12.0 Å². The molecule has 1 fully saturated rings. The first-order valence-corrected chi connectivity index (χ1v) is 8.02. The number of benzene rings is 3. The normalized spacial score (nSPS) is 23.6. The van der Waals surface area contributed by atoms with E-state index in [0.29, 0.717) is 5.92 Å². The first-order chi connectivity index (χ1) is 10.8. The van der Waals surface area contributed by atoms with Gasteiger partial charge in [0.25, 0.3) is 0 Å². The van der Waals surface area contributed by atoms with E-state index in [1.807, 2.05) is 0 Å². The van der Waals surface area contributed by atoms with Crippen LogP contribution in [0.5, 0.6) is 0 Å². The van der Waals surface area contributed by atoms with Crippen molar-refractivity contribution in [2.24, 2.45) is 0 Å². The SMILES string of the molecule is CNC[C@]1(c2ccccc2)C[C@H]1c1ccc2ccccc2c1. The Morgan fingerprint density at radius 3 is 2.41 bits per heavy atom. The molecule has 0 radical (unpaired) electrons. The van der Waals surface area contributed by atoms with Crippen LogP contribution in [0.15, 0.2) is 72.8 Å². The summed E-state index contributed by atoms with van der Waals surface area (Å²) in [6, 6.07) is 26.5. The van der Waals surface area contributed by atoms with Crippen molar-refractivity contribution >= 4 is 10.8 Å². The zero-order valence-corrected chi connectivity index (χ0v) is 12.9. The summed E-state index contributed by atoms with van der Waals surface area (Å²) in [6.07, 6.45) is 1.23. The molecule has 0 aromatic heterocycles. The molecule has 2 atom stereocenters. The van der Waals surface area contributed by atoms with Gasteiger partial charge < -0.3 is 5.32 Å². The largest absolute Gasteiger partial charge is 0.319 e. The highest BCUT2D eigenvalue weighted by Gasteiger charge is 2.55. The summed E-state index contributed by atoms with van der Waals surface area (Å²) in [5.74, 6) is 0.618. The Hall–Kier alpha value is -2.12. The van der Waals surface area contributed by atoms with Gasteiger partial charge in [0, 0.05) is 12.0 Å². The molecule has 1 N–H and O–H groups in total. The monoisotopic (exact) mass is 287 g/mol. The van der Waals surface area contributed by atoms with E-state index >= 15 is 0 Å². The van der Waals surface area contributed by atoms with Crippen LogP contribution in [0.2, 0.25) is 0 Å². The van der Waals surface area contributed by atoms with Crippen LogP contribution in [0.3, 0.4) is 0 Å². The summed E-state index contributed by atoms with van der Waals surface area (Å²) < 4.78 is 0. The van der Waals surface area contributed by atoms with Crippen LogP contribution in [-0.4, -0.2) is 13.6 Å². The third-order valence-corrected chi connectivity index (χ3v) is 5.09. The fraction of sp³-hybridized carbons (Fsp3) is 0.238. The van der Waals surface area contributed by atoms with Gasteiger partial charge in [-0.15, -0.1) is 0 Å². The van der Waals surface area contributed by atoms with Gasteiger partial charge in [-0.05, 0) is 41.3 Å². The molecule has 3 aromatic carbocycles. The Balaban J connectivity index is 1.73. The van der Waals surface area contributed by atoms with E-state index in [9.17, 15) is 0 Å². The summed E-state index contributed by atoms with van der Waals surface area (Å²) in [5.41, 5.74) is 3.19. The average molecular weight is 287 g/mol. The van der Waals surface area contributed by atoms with Gasteiger partial charge in [-0.2, -0.15) is 0 Å². The van der Waals surface area contributed by atoms with Crippen LogP contribution in [0.1, 0.15) is 23.5 Å². The van der Waals surface area contributed by atoms with Crippen molar-refractivity contribution in [3.63, 3.8) is 0 Å². The highest BCUT2D eigenvalue weighted by molar-refractivity contribution is 5.83. The van der Waals surface area contributed by atoms with Crippen LogP contribution in [-0.2, 0) is 5.41 Å². The molecule has 1 nitrogen and oxygen atoms in total. The minimum atomic E-state index is 0.262. The second-order valence-electron chi connectivity index (χ2n) is 6.42. The lowest BCUT2D eigenvalue weighted by Gasteiger charge is -2.18. The predicted molar refractivity (Wildman–Crippen MR) is 93.4 cm³/mol. The maximum Gasteiger partial charge on any atom is 0.0153 e. The number of nitrogens with one attached hydrogen (secondary N) is 1. The summed E-state index contributed by atoms with van der Waals surface area (Å²) in [4.78, 5) is 0. The second kappa shape index (κ2) is 5.26. The standard InChI is InChI=1S/C21H21N/c1-22-15-21(19-9-3-2-4-10-19)14-20(21)18-12-11-16-7-5-6-8-17(16)13-18/h2-13,20,22H,14-15H2,1H3/t20-,21-/m0/s1. The van der Waals surface area contributed by atoms with Crippen LogP contribution in [0, 0.1) is 0 Å². The number of rotatable bonds is 4. The van der Waals surface area contributed by atoms with Crippen LogP contribution in [0.25, 0.3) is 10.8 Å². The van der Waals surface area contributed by atoms with E-state index in [1.165, 1.54) is 28.3 Å². The summed E-state index contributed by atoms with van der Waals surface area (Å²) in [7, 11) is 2.06. The molecule has 0 saturated heterocycles. The number of likely N-dealkylation sites (N-methyl/N-ethyl adjacent to an activating group) is 1. The third kappa shape index (κ3) is 2.13. The van der Waals surface area contributed by atoms with E-state index in [1.54, 1.807) is 0 Å². The van der Waals surface area contributed by atoms with Crippen LogP contribution in [0.4, 0.5) is 0 Å². The lowest BCUT2D eigenvalue weighted by Crippen LogP contribution is -2.25. The summed E-state index contributed by atoms with van der Waals surface area (Å²) >= 11 is 0. The Bertz CT molecular complexity index is 793. The second-order valence-corrected chi connectivity index (χ2v) is 6.42. The molecule has 3 aromatic rings. The molecule has 110 valence electrons. The van der Waals surface area contributed by atoms with Gasteiger partial charge in [0.05, 0.1) is 0 Å². The van der Waals surface area contributed by atoms with Crippen LogP contribution < -0.4 is 5.32 Å². The first kappa shape index (κ1) is 13.5. The van der Waals surface area contributed by atoms with Crippen molar-refractivity contribution in [2.75, 3.05) is 13.6 Å². The zero-order valence-electron chi connectivity index (χ0n) is 12.9. The number of hydrogen-bond acceptors (Lipinski definition) is 1. The lowest BCUT2D eigenvalue weighted by atomic mass is 9.90. The molecule has 0 amide bonds. The Morgan fingerprint density at radius 1 is 0.909 bits per heavy atom. The fourth-order valence-corrected chi connectivity index (χ4v) is 3.87. The fourth-order valence-electron chi connectivity index (χ4n) is 3.87. The molecule has 1 saturated carbocycles. The molecule has 1 aliphatic carbocycles. The van der Waals surface area contributed by atoms with E-state index < -0.39 is 0 Å². The first-order valence-electron chi connectivity index (χ1n) is 8.02. The highest BCUT2D eigenvalue weighted by Crippen LogP contribution is 2.60. The van der Waals surface area contributed by atoms with Crippen LogP contribution >= 0.6 is 0 Å². The molecule has 0 unspecified atom stereocenters. The van der Waals surface area contributed by atoms with E-state index in [2.05, 4.69) is 85.2 Å². The minimum absolute atomic E-state index is 0.262. The molecule has 0 heterocycles. The molecule has 0 bridgehead atoms. The maximum atomic E-state index is 3.41. The van der Waals surface area contributed by atoms with Gasteiger partial charge in [0.15, 0.2) is 0 Å². The summed E-state index contributed by atoms with van der Waals surface area (Å²) in [6.45, 7) is 1.04. The maximum absolute atomic E-state index is 3.41. The van der Waals surface area contributed by atoms with Gasteiger partial charge in [0.2, 0.25) is 0 Å². The molecule has 22 heavy (non-hydrogen) atoms. The predicted octanol–water partition coefficient (Wildman–Crippen LogP) is 4.48. The zero-order chi connectivity index (χ0) is 15.0. The van der Waals surface area contributed by atoms with Crippen molar-refractivity contribution in [1.82, 2.24) is 5.32 Å². The number of hydrogen-bond donors (Lipinski definition) is 1. The van der Waals surface area contributed by atoms with E-state index in [4.69, 9.17) is 0 Å². The van der Waals surface area contributed by atoms with Gasteiger partial charge in [0.1, 0.15) is 0 Å². The van der Waals surface area contributed by atoms with E-state index in [-0.39, 0.29) is 5.41 Å². The molecular weight excluding hydrogens is 266 g/mol. The van der Waals surface area contributed by atoms with Gasteiger partial charge in [-0.25, -0.2) is 0 Å². The molecule has 0 aliphatic heterocycles.